The van der Waals surface area contributed by atoms with E-state index < -0.39 is 0 Å². The SMILES string of the molecule is CN(Cc1nnc2ccccn12)CC1CCCCO1. The van der Waals surface area contributed by atoms with E-state index in [1.54, 1.807) is 0 Å². The van der Waals surface area contributed by atoms with Gasteiger partial charge >= 0.3 is 0 Å². The van der Waals surface area contributed by atoms with Crippen molar-refractivity contribution in [3.05, 3.63) is 30.2 Å². The lowest BCUT2D eigenvalue weighted by Gasteiger charge is -2.26. The monoisotopic (exact) mass is 260 g/mol. The van der Waals surface area contributed by atoms with Crippen molar-refractivity contribution in [1.82, 2.24) is 19.5 Å². The van der Waals surface area contributed by atoms with E-state index in [1.807, 2.05) is 28.8 Å². The van der Waals surface area contributed by atoms with E-state index in [4.69, 9.17) is 4.74 Å². The summed E-state index contributed by atoms with van der Waals surface area (Å²) < 4.78 is 7.81. The molecule has 5 nitrogen and oxygen atoms in total. The summed E-state index contributed by atoms with van der Waals surface area (Å²) in [5, 5.41) is 8.43. The van der Waals surface area contributed by atoms with Crippen LogP contribution >= 0.6 is 0 Å². The Labute approximate surface area is 113 Å². The minimum Gasteiger partial charge on any atom is -0.377 e. The Bertz CT molecular complexity index is 533. The molecule has 1 unspecified atom stereocenters. The molecule has 1 fully saturated rings. The lowest BCUT2D eigenvalue weighted by atomic mass is 10.1. The van der Waals surface area contributed by atoms with Crippen LogP contribution in [0.1, 0.15) is 25.1 Å². The van der Waals surface area contributed by atoms with E-state index in [-0.39, 0.29) is 0 Å². The Morgan fingerprint density at radius 3 is 3.16 bits per heavy atom. The lowest BCUT2D eigenvalue weighted by molar-refractivity contribution is -0.00295. The molecule has 3 rings (SSSR count). The third-order valence-corrected chi connectivity index (χ3v) is 3.58. The Hall–Kier alpha value is -1.46. The maximum atomic E-state index is 5.77. The van der Waals surface area contributed by atoms with E-state index in [1.165, 1.54) is 19.3 Å². The van der Waals surface area contributed by atoms with Crippen LogP contribution in [0.25, 0.3) is 5.65 Å². The van der Waals surface area contributed by atoms with E-state index >= 15 is 0 Å². The van der Waals surface area contributed by atoms with Crippen LogP contribution in [0.4, 0.5) is 0 Å². The maximum absolute atomic E-state index is 5.77. The molecule has 2 aromatic rings. The largest absolute Gasteiger partial charge is 0.377 e. The molecule has 5 heteroatoms. The van der Waals surface area contributed by atoms with E-state index in [9.17, 15) is 0 Å². The first-order valence-corrected chi connectivity index (χ1v) is 6.92. The van der Waals surface area contributed by atoms with Gasteiger partial charge < -0.3 is 4.74 Å². The van der Waals surface area contributed by atoms with Crippen LogP contribution < -0.4 is 0 Å². The number of hydrogen-bond donors (Lipinski definition) is 0. The van der Waals surface area contributed by atoms with Crippen LogP contribution in [0.3, 0.4) is 0 Å². The fourth-order valence-corrected chi connectivity index (χ4v) is 2.60. The fourth-order valence-electron chi connectivity index (χ4n) is 2.60. The summed E-state index contributed by atoms with van der Waals surface area (Å²) in [5.41, 5.74) is 0.903. The molecule has 0 saturated carbocycles. The topological polar surface area (TPSA) is 42.7 Å². The van der Waals surface area contributed by atoms with Gasteiger partial charge in [0.05, 0.1) is 12.6 Å². The molecule has 1 saturated heterocycles. The quantitative estimate of drug-likeness (QED) is 0.839. The lowest BCUT2D eigenvalue weighted by Crippen LogP contribution is -2.33. The second-order valence-electron chi connectivity index (χ2n) is 5.23. The van der Waals surface area contributed by atoms with Gasteiger partial charge in [0.15, 0.2) is 11.5 Å². The number of nitrogens with zero attached hydrogens (tertiary/aromatic N) is 4. The van der Waals surface area contributed by atoms with Crippen LogP contribution in [-0.2, 0) is 11.3 Å². The molecule has 1 aliphatic heterocycles. The first-order chi connectivity index (χ1) is 9.33. The van der Waals surface area contributed by atoms with E-state index in [2.05, 4.69) is 22.1 Å². The van der Waals surface area contributed by atoms with Gasteiger partial charge in [-0.3, -0.25) is 9.30 Å². The molecular weight excluding hydrogens is 240 g/mol. The van der Waals surface area contributed by atoms with Gasteiger partial charge in [-0.2, -0.15) is 0 Å². The van der Waals surface area contributed by atoms with Crippen molar-refractivity contribution < 1.29 is 4.74 Å². The normalized spacial score (nSPS) is 20.2. The molecule has 0 spiro atoms. The Balaban J connectivity index is 1.63. The van der Waals surface area contributed by atoms with Crippen LogP contribution in [0, 0.1) is 0 Å². The number of likely N-dealkylation sites (N-methyl/N-ethyl adjacent to an activating group) is 1. The van der Waals surface area contributed by atoms with Crippen molar-refractivity contribution in [2.45, 2.75) is 31.9 Å². The number of hydrogen-bond acceptors (Lipinski definition) is 4. The van der Waals surface area contributed by atoms with Gasteiger partial charge in [-0.25, -0.2) is 0 Å². The summed E-state index contributed by atoms with van der Waals surface area (Å²) in [6, 6.07) is 5.96. The first-order valence-electron chi connectivity index (χ1n) is 6.92. The van der Waals surface area contributed by atoms with E-state index in [0.717, 1.165) is 31.2 Å². The zero-order valence-electron chi connectivity index (χ0n) is 11.3. The molecular formula is C14H20N4O. The Morgan fingerprint density at radius 1 is 1.37 bits per heavy atom. The number of fused-ring (bicyclic) bond motifs is 1. The average Bonchev–Trinajstić information content (AvgIpc) is 2.83. The summed E-state index contributed by atoms with van der Waals surface area (Å²) >= 11 is 0. The zero-order valence-corrected chi connectivity index (χ0v) is 11.3. The highest BCUT2D eigenvalue weighted by Gasteiger charge is 2.17. The molecule has 19 heavy (non-hydrogen) atoms. The molecule has 0 amide bonds. The zero-order chi connectivity index (χ0) is 13.1. The molecule has 0 N–H and O–H groups in total. The molecule has 0 bridgehead atoms. The van der Waals surface area contributed by atoms with Gasteiger partial charge in [-0.1, -0.05) is 6.07 Å². The molecule has 1 atom stereocenters. The van der Waals surface area contributed by atoms with Crippen molar-refractivity contribution >= 4 is 5.65 Å². The molecule has 0 aliphatic carbocycles. The summed E-state index contributed by atoms with van der Waals surface area (Å²) in [4.78, 5) is 2.26. The second kappa shape index (κ2) is 5.67. The van der Waals surface area contributed by atoms with E-state index in [0.29, 0.717) is 6.10 Å². The Kier molecular flexibility index (Phi) is 3.75. The maximum Gasteiger partial charge on any atom is 0.160 e. The molecule has 1 aliphatic rings. The molecule has 2 aromatic heterocycles. The highest BCUT2D eigenvalue weighted by atomic mass is 16.5. The van der Waals surface area contributed by atoms with Crippen molar-refractivity contribution in [3.63, 3.8) is 0 Å². The second-order valence-corrected chi connectivity index (χ2v) is 5.23. The third kappa shape index (κ3) is 2.93. The molecule has 0 aromatic carbocycles. The van der Waals surface area contributed by atoms with Crippen LogP contribution in [0.5, 0.6) is 0 Å². The van der Waals surface area contributed by atoms with Crippen LogP contribution in [0.15, 0.2) is 24.4 Å². The summed E-state index contributed by atoms with van der Waals surface area (Å²) in [6.45, 7) is 2.67. The van der Waals surface area contributed by atoms with Crippen LogP contribution in [-0.4, -0.2) is 45.8 Å². The number of aromatic nitrogens is 3. The highest BCUT2D eigenvalue weighted by molar-refractivity contribution is 5.36. The number of rotatable bonds is 4. The third-order valence-electron chi connectivity index (χ3n) is 3.58. The molecule has 3 heterocycles. The van der Waals surface area contributed by atoms with Crippen molar-refractivity contribution in [2.24, 2.45) is 0 Å². The van der Waals surface area contributed by atoms with Crippen molar-refractivity contribution in [3.8, 4) is 0 Å². The minimum absolute atomic E-state index is 0.373. The summed E-state index contributed by atoms with van der Waals surface area (Å²) in [5.74, 6) is 0.980. The smallest absolute Gasteiger partial charge is 0.160 e. The van der Waals surface area contributed by atoms with Gasteiger partial charge in [0.25, 0.3) is 0 Å². The average molecular weight is 260 g/mol. The standard InChI is InChI=1S/C14H20N4O/c1-17(10-12-6-3-5-9-19-12)11-14-16-15-13-7-2-4-8-18(13)14/h2,4,7-8,12H,3,5-6,9-11H2,1H3. The first kappa shape index (κ1) is 12.6. The minimum atomic E-state index is 0.373. The van der Waals surface area contributed by atoms with Gasteiger partial charge in [-0.05, 0) is 38.4 Å². The predicted octanol–water partition coefficient (Wildman–Crippen LogP) is 1.73. The number of ether oxygens (including phenoxy) is 1. The highest BCUT2D eigenvalue weighted by Crippen LogP contribution is 2.14. The van der Waals surface area contributed by atoms with Crippen LogP contribution in [0.2, 0.25) is 0 Å². The molecule has 102 valence electrons. The fraction of sp³-hybridized carbons (Fsp3) is 0.571. The van der Waals surface area contributed by atoms with Gasteiger partial charge in [0, 0.05) is 19.3 Å². The molecule has 0 radical (unpaired) electrons. The van der Waals surface area contributed by atoms with Gasteiger partial charge in [-0.15, -0.1) is 10.2 Å². The van der Waals surface area contributed by atoms with Gasteiger partial charge in [0.1, 0.15) is 0 Å². The number of pyridine rings is 1. The summed E-state index contributed by atoms with van der Waals surface area (Å²) in [6.07, 6.45) is 6.04. The van der Waals surface area contributed by atoms with Gasteiger partial charge in [0.2, 0.25) is 0 Å². The predicted molar refractivity (Wildman–Crippen MR) is 72.9 cm³/mol. The Morgan fingerprint density at radius 2 is 2.32 bits per heavy atom. The van der Waals surface area contributed by atoms with Crippen molar-refractivity contribution in [2.75, 3.05) is 20.2 Å². The summed E-state index contributed by atoms with van der Waals surface area (Å²) in [7, 11) is 2.11. The van der Waals surface area contributed by atoms with Crippen molar-refractivity contribution in [1.29, 1.82) is 0 Å².